The molecular formula is C15H22ClN3O. The Morgan fingerprint density at radius 1 is 1.20 bits per heavy atom. The van der Waals surface area contributed by atoms with E-state index < -0.39 is 0 Å². The van der Waals surface area contributed by atoms with E-state index in [9.17, 15) is 4.79 Å². The predicted molar refractivity (Wildman–Crippen MR) is 83.1 cm³/mol. The van der Waals surface area contributed by atoms with Crippen LogP contribution in [0.15, 0.2) is 18.2 Å². The van der Waals surface area contributed by atoms with Crippen molar-refractivity contribution in [3.63, 3.8) is 0 Å². The van der Waals surface area contributed by atoms with Crippen molar-refractivity contribution in [3.8, 4) is 0 Å². The molecule has 1 aliphatic rings. The van der Waals surface area contributed by atoms with Crippen molar-refractivity contribution >= 4 is 23.2 Å². The molecule has 1 amide bonds. The molecule has 4 nitrogen and oxygen atoms in total. The van der Waals surface area contributed by atoms with E-state index in [1.807, 2.05) is 4.90 Å². The number of piperazine rings is 1. The van der Waals surface area contributed by atoms with Crippen LogP contribution in [0.2, 0.25) is 5.02 Å². The summed E-state index contributed by atoms with van der Waals surface area (Å²) in [4.78, 5) is 16.7. The van der Waals surface area contributed by atoms with Crippen LogP contribution in [0.5, 0.6) is 0 Å². The second kappa shape index (κ2) is 5.62. The molecule has 0 aromatic heterocycles. The highest BCUT2D eigenvalue weighted by molar-refractivity contribution is 6.31. The highest BCUT2D eigenvalue weighted by Crippen LogP contribution is 2.21. The van der Waals surface area contributed by atoms with Gasteiger partial charge in [0.15, 0.2) is 0 Å². The van der Waals surface area contributed by atoms with E-state index in [-0.39, 0.29) is 11.4 Å². The number of halogens is 1. The van der Waals surface area contributed by atoms with Crippen LogP contribution in [0.1, 0.15) is 31.1 Å². The minimum absolute atomic E-state index is 0.00674. The summed E-state index contributed by atoms with van der Waals surface area (Å²) in [6.45, 7) is 9.84. The molecule has 0 spiro atoms. The molecule has 110 valence electrons. The molecule has 1 aliphatic heterocycles. The Labute approximate surface area is 125 Å². The lowest BCUT2D eigenvalue weighted by Crippen LogP contribution is -2.54. The number of nitrogens with zero attached hydrogens (tertiary/aromatic N) is 2. The summed E-state index contributed by atoms with van der Waals surface area (Å²) < 4.78 is 0. The quantitative estimate of drug-likeness (QED) is 0.810. The van der Waals surface area contributed by atoms with Crippen molar-refractivity contribution < 1.29 is 4.79 Å². The molecule has 0 aliphatic carbocycles. The number of carbonyl (C=O) groups is 1. The fourth-order valence-corrected chi connectivity index (χ4v) is 2.66. The standard InChI is InChI=1S/C15H22ClN3O/c1-15(2,3)19-8-6-18(7-9-19)14(20)12-5-4-11(16)10-13(12)17/h4-5,10H,6-9,17H2,1-3H3. The van der Waals surface area contributed by atoms with Crippen LogP contribution in [-0.2, 0) is 0 Å². The minimum atomic E-state index is -0.00674. The van der Waals surface area contributed by atoms with E-state index in [0.717, 1.165) is 26.2 Å². The number of anilines is 1. The van der Waals surface area contributed by atoms with E-state index in [4.69, 9.17) is 17.3 Å². The SMILES string of the molecule is CC(C)(C)N1CCN(C(=O)c2ccc(Cl)cc2N)CC1. The predicted octanol–water partition coefficient (Wildman–Crippen LogP) is 2.48. The summed E-state index contributed by atoms with van der Waals surface area (Å²) in [7, 11) is 0. The molecule has 1 saturated heterocycles. The van der Waals surface area contributed by atoms with Crippen molar-refractivity contribution in [1.82, 2.24) is 9.80 Å². The third-order valence-electron chi connectivity index (χ3n) is 3.76. The van der Waals surface area contributed by atoms with Gasteiger partial charge >= 0.3 is 0 Å². The number of carbonyl (C=O) groups excluding carboxylic acids is 1. The first-order valence-corrected chi connectivity index (χ1v) is 7.26. The maximum Gasteiger partial charge on any atom is 0.256 e. The fourth-order valence-electron chi connectivity index (χ4n) is 2.48. The average molecular weight is 296 g/mol. The number of amides is 1. The lowest BCUT2D eigenvalue weighted by atomic mass is 10.0. The molecule has 0 atom stereocenters. The van der Waals surface area contributed by atoms with Gasteiger partial charge in [-0.3, -0.25) is 9.69 Å². The molecule has 2 N–H and O–H groups in total. The smallest absolute Gasteiger partial charge is 0.256 e. The summed E-state index contributed by atoms with van der Waals surface area (Å²) >= 11 is 5.87. The molecule has 0 bridgehead atoms. The van der Waals surface area contributed by atoms with Crippen molar-refractivity contribution in [1.29, 1.82) is 0 Å². The van der Waals surface area contributed by atoms with Gasteiger partial charge in [0.1, 0.15) is 0 Å². The van der Waals surface area contributed by atoms with Gasteiger partial charge in [0, 0.05) is 42.4 Å². The number of nitrogens with two attached hydrogens (primary N) is 1. The monoisotopic (exact) mass is 295 g/mol. The zero-order chi connectivity index (χ0) is 14.9. The topological polar surface area (TPSA) is 49.6 Å². The number of hydrogen-bond donors (Lipinski definition) is 1. The summed E-state index contributed by atoms with van der Waals surface area (Å²) in [5.41, 5.74) is 7.02. The second-order valence-electron chi connectivity index (χ2n) is 6.18. The molecule has 0 radical (unpaired) electrons. The third-order valence-corrected chi connectivity index (χ3v) is 3.99. The Morgan fingerprint density at radius 3 is 2.30 bits per heavy atom. The Bertz CT molecular complexity index is 502. The zero-order valence-corrected chi connectivity index (χ0v) is 13.1. The van der Waals surface area contributed by atoms with Gasteiger partial charge < -0.3 is 10.6 Å². The summed E-state index contributed by atoms with van der Waals surface area (Å²) in [5, 5.41) is 0.552. The number of rotatable bonds is 1. The van der Waals surface area contributed by atoms with Gasteiger partial charge in [-0.15, -0.1) is 0 Å². The normalized spacial score (nSPS) is 17.3. The first kappa shape index (κ1) is 15.1. The maximum atomic E-state index is 12.5. The molecule has 1 heterocycles. The third kappa shape index (κ3) is 3.25. The second-order valence-corrected chi connectivity index (χ2v) is 6.62. The van der Waals surface area contributed by atoms with Crippen LogP contribution in [0.25, 0.3) is 0 Å². The van der Waals surface area contributed by atoms with Crippen LogP contribution in [0.3, 0.4) is 0 Å². The highest BCUT2D eigenvalue weighted by Gasteiger charge is 2.28. The summed E-state index contributed by atoms with van der Waals surface area (Å²) in [6.07, 6.45) is 0. The number of nitrogen functional groups attached to an aromatic ring is 1. The molecule has 5 heteroatoms. The van der Waals surface area contributed by atoms with Crippen LogP contribution in [-0.4, -0.2) is 47.4 Å². The number of benzene rings is 1. The highest BCUT2D eigenvalue weighted by atomic mass is 35.5. The molecule has 1 aromatic rings. The van der Waals surface area contributed by atoms with E-state index in [0.29, 0.717) is 16.3 Å². The first-order chi connectivity index (χ1) is 9.29. The Balaban J connectivity index is 2.05. The largest absolute Gasteiger partial charge is 0.398 e. The van der Waals surface area contributed by atoms with Crippen molar-refractivity contribution in [3.05, 3.63) is 28.8 Å². The lowest BCUT2D eigenvalue weighted by Gasteiger charge is -2.42. The molecule has 1 aromatic carbocycles. The Kier molecular flexibility index (Phi) is 4.25. The molecule has 0 saturated carbocycles. The van der Waals surface area contributed by atoms with E-state index in [1.54, 1.807) is 18.2 Å². The Morgan fingerprint density at radius 2 is 1.80 bits per heavy atom. The summed E-state index contributed by atoms with van der Waals surface area (Å²) in [6, 6.07) is 5.03. The Hall–Kier alpha value is -1.26. The molecule has 2 rings (SSSR count). The average Bonchev–Trinajstić information content (AvgIpc) is 2.37. The van der Waals surface area contributed by atoms with Gasteiger partial charge in [-0.1, -0.05) is 11.6 Å². The van der Waals surface area contributed by atoms with E-state index in [2.05, 4.69) is 25.7 Å². The van der Waals surface area contributed by atoms with Gasteiger partial charge in [-0.05, 0) is 39.0 Å². The fraction of sp³-hybridized carbons (Fsp3) is 0.533. The van der Waals surface area contributed by atoms with Crippen molar-refractivity contribution in [2.45, 2.75) is 26.3 Å². The number of hydrogen-bond acceptors (Lipinski definition) is 3. The molecular weight excluding hydrogens is 274 g/mol. The molecule has 0 unspecified atom stereocenters. The van der Waals surface area contributed by atoms with Gasteiger partial charge in [-0.25, -0.2) is 0 Å². The van der Waals surface area contributed by atoms with Crippen molar-refractivity contribution in [2.75, 3.05) is 31.9 Å². The molecule has 1 fully saturated rings. The van der Waals surface area contributed by atoms with Crippen LogP contribution < -0.4 is 5.73 Å². The maximum absolute atomic E-state index is 12.5. The van der Waals surface area contributed by atoms with Gasteiger partial charge in [0.2, 0.25) is 0 Å². The van der Waals surface area contributed by atoms with E-state index >= 15 is 0 Å². The van der Waals surface area contributed by atoms with Gasteiger partial charge in [0.05, 0.1) is 5.56 Å². The van der Waals surface area contributed by atoms with E-state index in [1.165, 1.54) is 0 Å². The summed E-state index contributed by atoms with van der Waals surface area (Å²) in [5.74, 6) is -0.00674. The van der Waals surface area contributed by atoms with Crippen LogP contribution >= 0.6 is 11.6 Å². The minimum Gasteiger partial charge on any atom is -0.398 e. The first-order valence-electron chi connectivity index (χ1n) is 6.88. The van der Waals surface area contributed by atoms with Crippen LogP contribution in [0.4, 0.5) is 5.69 Å². The lowest BCUT2D eigenvalue weighted by molar-refractivity contribution is 0.0452. The van der Waals surface area contributed by atoms with Gasteiger partial charge in [0.25, 0.3) is 5.91 Å². The van der Waals surface area contributed by atoms with Crippen molar-refractivity contribution in [2.24, 2.45) is 0 Å². The van der Waals surface area contributed by atoms with Gasteiger partial charge in [-0.2, -0.15) is 0 Å². The zero-order valence-electron chi connectivity index (χ0n) is 12.3. The van der Waals surface area contributed by atoms with Crippen LogP contribution in [0, 0.1) is 0 Å². The molecule has 20 heavy (non-hydrogen) atoms.